The van der Waals surface area contributed by atoms with Gasteiger partial charge in [0.1, 0.15) is 23.8 Å². The number of aryl methyl sites for hydroxylation is 2. The van der Waals surface area contributed by atoms with Gasteiger partial charge in [0.25, 0.3) is 5.91 Å². The summed E-state index contributed by atoms with van der Waals surface area (Å²) in [6.07, 6.45) is 4.19. The maximum atomic E-state index is 12.2. The van der Waals surface area contributed by atoms with Gasteiger partial charge in [0.05, 0.1) is 0 Å². The number of nitrogens with zero attached hydrogens (tertiary/aromatic N) is 3. The topological polar surface area (TPSA) is 91.8 Å². The van der Waals surface area contributed by atoms with Crippen LogP contribution in [-0.2, 0) is 6.42 Å². The molecule has 7 heteroatoms. The minimum atomic E-state index is -0.0833. The van der Waals surface area contributed by atoms with Crippen molar-refractivity contribution in [2.75, 3.05) is 23.7 Å². The summed E-state index contributed by atoms with van der Waals surface area (Å²) in [7, 11) is 0. The minimum absolute atomic E-state index is 0.0833. The predicted octanol–water partition coefficient (Wildman–Crippen LogP) is 3.33. The molecule has 7 nitrogen and oxygen atoms in total. The standard InChI is InChI=1S/C21H24N6O/c1-3-16-4-6-17(7-5-16)21(28)24-11-10-23-18-13-20(26-14-25-18)27-19-12-15(2)8-9-22-19/h4-9,12-14H,3,10-11H2,1-2H3,(H,24,28)(H2,22,23,25,26,27). The number of amides is 1. The van der Waals surface area contributed by atoms with Crippen LogP contribution in [0, 0.1) is 6.92 Å². The number of nitrogens with one attached hydrogen (secondary N) is 3. The Balaban J connectivity index is 1.47. The summed E-state index contributed by atoms with van der Waals surface area (Å²) in [5, 5.41) is 9.23. The lowest BCUT2D eigenvalue weighted by molar-refractivity contribution is 0.0955. The molecule has 0 atom stereocenters. The number of anilines is 3. The molecule has 3 aromatic rings. The van der Waals surface area contributed by atoms with Gasteiger partial charge in [-0.25, -0.2) is 15.0 Å². The predicted molar refractivity (Wildman–Crippen MR) is 111 cm³/mol. The lowest BCUT2D eigenvalue weighted by Crippen LogP contribution is -2.28. The number of rotatable bonds is 8. The number of hydrogen-bond donors (Lipinski definition) is 3. The van der Waals surface area contributed by atoms with Crippen molar-refractivity contribution in [2.24, 2.45) is 0 Å². The molecule has 2 aromatic heterocycles. The Bertz CT molecular complexity index is 926. The summed E-state index contributed by atoms with van der Waals surface area (Å²) in [4.78, 5) is 24.8. The fourth-order valence-corrected chi connectivity index (χ4v) is 2.62. The third kappa shape index (κ3) is 5.51. The van der Waals surface area contributed by atoms with Gasteiger partial charge in [-0.3, -0.25) is 4.79 Å². The Morgan fingerprint density at radius 2 is 1.68 bits per heavy atom. The highest BCUT2D eigenvalue weighted by molar-refractivity contribution is 5.94. The summed E-state index contributed by atoms with van der Waals surface area (Å²) in [6, 6.07) is 13.3. The first-order chi connectivity index (χ1) is 13.6. The van der Waals surface area contributed by atoms with E-state index < -0.39 is 0 Å². The van der Waals surface area contributed by atoms with Crippen LogP contribution >= 0.6 is 0 Å². The van der Waals surface area contributed by atoms with E-state index in [0.29, 0.717) is 30.3 Å². The highest BCUT2D eigenvalue weighted by Gasteiger charge is 2.05. The molecule has 0 unspecified atom stereocenters. The van der Waals surface area contributed by atoms with Crippen LogP contribution in [0.1, 0.15) is 28.4 Å². The van der Waals surface area contributed by atoms with Crippen molar-refractivity contribution in [3.8, 4) is 0 Å². The molecule has 3 N–H and O–H groups in total. The second kappa shape index (κ2) is 9.45. The highest BCUT2D eigenvalue weighted by Crippen LogP contribution is 2.14. The molecule has 0 bridgehead atoms. The monoisotopic (exact) mass is 376 g/mol. The van der Waals surface area contributed by atoms with E-state index in [4.69, 9.17) is 0 Å². The normalized spacial score (nSPS) is 10.4. The Labute approximate surface area is 164 Å². The molecular weight excluding hydrogens is 352 g/mol. The molecular formula is C21H24N6O. The second-order valence-electron chi connectivity index (χ2n) is 6.37. The number of hydrogen-bond acceptors (Lipinski definition) is 6. The average molecular weight is 376 g/mol. The molecule has 1 aromatic carbocycles. The van der Waals surface area contributed by atoms with Gasteiger partial charge in [0.2, 0.25) is 0 Å². The Morgan fingerprint density at radius 1 is 0.929 bits per heavy atom. The molecule has 28 heavy (non-hydrogen) atoms. The first kappa shape index (κ1) is 19.3. The lowest BCUT2D eigenvalue weighted by atomic mass is 10.1. The molecule has 0 saturated heterocycles. The van der Waals surface area contributed by atoms with Gasteiger partial charge in [-0.1, -0.05) is 19.1 Å². The Hall–Kier alpha value is -3.48. The summed E-state index contributed by atoms with van der Waals surface area (Å²) in [6.45, 7) is 5.14. The van der Waals surface area contributed by atoms with Gasteiger partial charge in [-0.05, 0) is 48.7 Å². The molecule has 1 amide bonds. The van der Waals surface area contributed by atoms with Gasteiger partial charge in [-0.15, -0.1) is 0 Å². The average Bonchev–Trinajstić information content (AvgIpc) is 2.71. The van der Waals surface area contributed by atoms with Crippen LogP contribution in [0.15, 0.2) is 55.0 Å². The van der Waals surface area contributed by atoms with Crippen molar-refractivity contribution in [3.63, 3.8) is 0 Å². The lowest BCUT2D eigenvalue weighted by Gasteiger charge is -2.09. The van der Waals surface area contributed by atoms with Crippen molar-refractivity contribution in [3.05, 3.63) is 71.7 Å². The number of carbonyl (C=O) groups excluding carboxylic acids is 1. The molecule has 0 spiro atoms. The number of aromatic nitrogens is 3. The first-order valence-corrected chi connectivity index (χ1v) is 9.27. The quantitative estimate of drug-likeness (QED) is 0.522. The van der Waals surface area contributed by atoms with Gasteiger partial charge in [-0.2, -0.15) is 0 Å². The van der Waals surface area contributed by atoms with Gasteiger partial charge < -0.3 is 16.0 Å². The van der Waals surface area contributed by atoms with E-state index >= 15 is 0 Å². The van der Waals surface area contributed by atoms with E-state index in [9.17, 15) is 4.79 Å². The van der Waals surface area contributed by atoms with E-state index in [1.807, 2.05) is 43.3 Å². The first-order valence-electron chi connectivity index (χ1n) is 9.27. The van der Waals surface area contributed by atoms with Gasteiger partial charge in [0.15, 0.2) is 0 Å². The van der Waals surface area contributed by atoms with E-state index in [2.05, 4.69) is 37.8 Å². The minimum Gasteiger partial charge on any atom is -0.368 e. The van der Waals surface area contributed by atoms with Crippen LogP contribution in [0.25, 0.3) is 0 Å². The van der Waals surface area contributed by atoms with Crippen molar-refractivity contribution in [1.82, 2.24) is 20.3 Å². The molecule has 0 aliphatic carbocycles. The Kier molecular flexibility index (Phi) is 6.51. The third-order valence-electron chi connectivity index (χ3n) is 4.18. The summed E-state index contributed by atoms with van der Waals surface area (Å²) in [5.74, 6) is 1.97. The van der Waals surface area contributed by atoms with E-state index in [-0.39, 0.29) is 5.91 Å². The number of pyridine rings is 1. The number of benzene rings is 1. The zero-order valence-corrected chi connectivity index (χ0v) is 16.1. The SMILES string of the molecule is CCc1ccc(C(=O)NCCNc2cc(Nc3cc(C)ccn3)ncn2)cc1. The zero-order valence-electron chi connectivity index (χ0n) is 16.1. The van der Waals surface area contributed by atoms with Crippen LogP contribution in [0.5, 0.6) is 0 Å². The van der Waals surface area contributed by atoms with Gasteiger partial charge >= 0.3 is 0 Å². The largest absolute Gasteiger partial charge is 0.368 e. The van der Waals surface area contributed by atoms with E-state index in [1.165, 1.54) is 11.9 Å². The summed E-state index contributed by atoms with van der Waals surface area (Å²) < 4.78 is 0. The van der Waals surface area contributed by atoms with Crippen molar-refractivity contribution in [1.29, 1.82) is 0 Å². The molecule has 0 radical (unpaired) electrons. The molecule has 0 fully saturated rings. The number of carbonyl (C=O) groups is 1. The van der Waals surface area contributed by atoms with Crippen LogP contribution in [-0.4, -0.2) is 33.9 Å². The molecule has 0 aliphatic heterocycles. The molecule has 0 saturated carbocycles. The van der Waals surface area contributed by atoms with E-state index in [0.717, 1.165) is 17.8 Å². The maximum Gasteiger partial charge on any atom is 0.251 e. The summed E-state index contributed by atoms with van der Waals surface area (Å²) >= 11 is 0. The second-order valence-corrected chi connectivity index (χ2v) is 6.37. The summed E-state index contributed by atoms with van der Waals surface area (Å²) in [5.41, 5.74) is 2.99. The fourth-order valence-electron chi connectivity index (χ4n) is 2.62. The molecule has 0 aliphatic rings. The van der Waals surface area contributed by atoms with Gasteiger partial charge in [0, 0.05) is 30.9 Å². The van der Waals surface area contributed by atoms with Crippen molar-refractivity contribution in [2.45, 2.75) is 20.3 Å². The van der Waals surface area contributed by atoms with Crippen LogP contribution in [0.2, 0.25) is 0 Å². The fraction of sp³-hybridized carbons (Fsp3) is 0.238. The molecule has 3 rings (SSSR count). The Morgan fingerprint density at radius 3 is 2.43 bits per heavy atom. The molecule has 144 valence electrons. The zero-order chi connectivity index (χ0) is 19.8. The van der Waals surface area contributed by atoms with Crippen molar-refractivity contribution >= 4 is 23.4 Å². The highest BCUT2D eigenvalue weighted by atomic mass is 16.1. The molecule has 2 heterocycles. The smallest absolute Gasteiger partial charge is 0.251 e. The van der Waals surface area contributed by atoms with Crippen LogP contribution in [0.3, 0.4) is 0 Å². The maximum absolute atomic E-state index is 12.2. The van der Waals surface area contributed by atoms with Crippen LogP contribution < -0.4 is 16.0 Å². The van der Waals surface area contributed by atoms with E-state index in [1.54, 1.807) is 12.3 Å². The van der Waals surface area contributed by atoms with Crippen molar-refractivity contribution < 1.29 is 4.79 Å². The van der Waals surface area contributed by atoms with Crippen LogP contribution in [0.4, 0.5) is 17.5 Å². The third-order valence-corrected chi connectivity index (χ3v) is 4.18.